The van der Waals surface area contributed by atoms with Crippen molar-refractivity contribution >= 4 is 17.1 Å². The van der Waals surface area contributed by atoms with E-state index in [0.29, 0.717) is 5.41 Å². The summed E-state index contributed by atoms with van der Waals surface area (Å²) in [7, 11) is 0. The highest BCUT2D eigenvalue weighted by Crippen LogP contribution is 2.46. The second kappa shape index (κ2) is 4.83. The molecule has 1 aliphatic carbocycles. The molecule has 21 heavy (non-hydrogen) atoms. The van der Waals surface area contributed by atoms with Gasteiger partial charge in [0, 0.05) is 13.1 Å². The van der Waals surface area contributed by atoms with Gasteiger partial charge < -0.3 is 4.90 Å². The van der Waals surface area contributed by atoms with Crippen molar-refractivity contribution in [2.45, 2.75) is 38.5 Å². The number of piperidine rings is 1. The highest BCUT2D eigenvalue weighted by atomic mass is 16.2. The lowest BCUT2D eigenvalue weighted by Crippen LogP contribution is -2.44. The van der Waals surface area contributed by atoms with Gasteiger partial charge in [-0.05, 0) is 43.2 Å². The van der Waals surface area contributed by atoms with Crippen molar-refractivity contribution in [1.29, 1.82) is 0 Å². The molecule has 1 aromatic heterocycles. The maximum absolute atomic E-state index is 12.7. The Hall–Kier alpha value is -1.91. The average Bonchev–Trinajstić information content (AvgIpc) is 3.15. The number of benzene rings is 1. The maximum atomic E-state index is 12.7. The van der Waals surface area contributed by atoms with Gasteiger partial charge in [0.05, 0.1) is 5.52 Å². The molecule has 5 heteroatoms. The number of nitrogens with zero attached hydrogens (tertiary/aromatic N) is 4. The Morgan fingerprint density at radius 1 is 1.05 bits per heavy atom. The van der Waals surface area contributed by atoms with E-state index in [2.05, 4.69) is 10.3 Å². The Balaban J connectivity index is 1.53. The molecule has 1 aromatic carbocycles. The van der Waals surface area contributed by atoms with Crippen LogP contribution in [0.3, 0.4) is 0 Å². The molecule has 2 aromatic rings. The van der Waals surface area contributed by atoms with Crippen molar-refractivity contribution in [3.8, 4) is 0 Å². The molecule has 1 spiro atoms. The summed E-state index contributed by atoms with van der Waals surface area (Å²) in [5.41, 5.74) is 2.10. The third-order valence-corrected chi connectivity index (χ3v) is 5.29. The van der Waals surface area contributed by atoms with E-state index in [1.54, 1.807) is 0 Å². The summed E-state index contributed by atoms with van der Waals surface area (Å²) in [4.78, 5) is 14.6. The fourth-order valence-electron chi connectivity index (χ4n) is 3.94. The first-order valence-corrected chi connectivity index (χ1v) is 7.87. The van der Waals surface area contributed by atoms with Gasteiger partial charge >= 0.3 is 6.03 Å². The standard InChI is InChI=1S/C16H20N4O/c21-15(20-14-6-2-1-5-13(14)17-18-20)19-11-9-16(10-12-19)7-3-4-8-16/h1-2,5-6H,3-4,7-12H2. The van der Waals surface area contributed by atoms with Crippen molar-refractivity contribution in [2.75, 3.05) is 13.1 Å². The molecule has 0 bridgehead atoms. The molecule has 2 heterocycles. The van der Waals surface area contributed by atoms with Crippen LogP contribution in [0.1, 0.15) is 38.5 Å². The van der Waals surface area contributed by atoms with E-state index in [4.69, 9.17) is 0 Å². The van der Waals surface area contributed by atoms with Crippen molar-refractivity contribution in [2.24, 2.45) is 5.41 Å². The number of carbonyl (C=O) groups is 1. The third-order valence-electron chi connectivity index (χ3n) is 5.29. The number of rotatable bonds is 0. The van der Waals surface area contributed by atoms with Crippen LogP contribution in [0.25, 0.3) is 11.0 Å². The van der Waals surface area contributed by atoms with Gasteiger partial charge in [-0.2, -0.15) is 4.68 Å². The number of para-hydroxylation sites is 1. The molecule has 0 unspecified atom stereocenters. The molecule has 2 aliphatic rings. The Morgan fingerprint density at radius 3 is 2.52 bits per heavy atom. The van der Waals surface area contributed by atoms with Gasteiger partial charge in [0.25, 0.3) is 0 Å². The zero-order valence-electron chi connectivity index (χ0n) is 12.2. The van der Waals surface area contributed by atoms with Crippen LogP contribution in [0.15, 0.2) is 24.3 Å². The summed E-state index contributed by atoms with van der Waals surface area (Å²) < 4.78 is 1.45. The fourth-order valence-corrected chi connectivity index (χ4v) is 3.94. The fraction of sp³-hybridized carbons (Fsp3) is 0.562. The van der Waals surface area contributed by atoms with E-state index in [9.17, 15) is 4.79 Å². The molecule has 5 nitrogen and oxygen atoms in total. The minimum Gasteiger partial charge on any atom is -0.323 e. The first-order valence-electron chi connectivity index (χ1n) is 7.87. The molecule has 4 rings (SSSR count). The van der Waals surface area contributed by atoms with E-state index < -0.39 is 0 Å². The molecular formula is C16H20N4O. The minimum atomic E-state index is -0.0310. The summed E-state index contributed by atoms with van der Waals surface area (Å²) in [5, 5.41) is 8.11. The molecule has 1 aliphatic heterocycles. The van der Waals surface area contributed by atoms with Crippen LogP contribution < -0.4 is 0 Å². The lowest BCUT2D eigenvalue weighted by molar-refractivity contribution is 0.120. The Bertz CT molecular complexity index is 662. The van der Waals surface area contributed by atoms with Gasteiger partial charge in [0.15, 0.2) is 0 Å². The van der Waals surface area contributed by atoms with Crippen LogP contribution in [0, 0.1) is 5.41 Å². The van der Waals surface area contributed by atoms with Crippen LogP contribution in [0.4, 0.5) is 4.79 Å². The second-order valence-corrected chi connectivity index (χ2v) is 6.47. The van der Waals surface area contributed by atoms with E-state index in [1.165, 1.54) is 30.4 Å². The van der Waals surface area contributed by atoms with Gasteiger partial charge in [-0.3, -0.25) is 0 Å². The number of fused-ring (bicyclic) bond motifs is 1. The largest absolute Gasteiger partial charge is 0.346 e. The molecule has 0 radical (unpaired) electrons. The monoisotopic (exact) mass is 284 g/mol. The van der Waals surface area contributed by atoms with E-state index in [1.807, 2.05) is 29.2 Å². The van der Waals surface area contributed by atoms with Crippen molar-refractivity contribution in [1.82, 2.24) is 19.9 Å². The summed E-state index contributed by atoms with van der Waals surface area (Å²) >= 11 is 0. The number of hydrogen-bond acceptors (Lipinski definition) is 3. The third kappa shape index (κ3) is 2.11. The number of carbonyl (C=O) groups excluding carboxylic acids is 1. The van der Waals surface area contributed by atoms with Gasteiger partial charge in [-0.1, -0.05) is 30.2 Å². The van der Waals surface area contributed by atoms with Gasteiger partial charge in [0.1, 0.15) is 5.52 Å². The topological polar surface area (TPSA) is 51.0 Å². The molecule has 0 atom stereocenters. The molecule has 110 valence electrons. The molecule has 0 N–H and O–H groups in total. The molecule has 2 fully saturated rings. The molecular weight excluding hydrogens is 264 g/mol. The van der Waals surface area contributed by atoms with Crippen LogP contribution in [0.5, 0.6) is 0 Å². The summed E-state index contributed by atoms with van der Waals surface area (Å²) in [6.07, 6.45) is 7.71. The summed E-state index contributed by atoms with van der Waals surface area (Å²) in [5.74, 6) is 0. The van der Waals surface area contributed by atoms with E-state index >= 15 is 0 Å². The smallest absolute Gasteiger partial charge is 0.323 e. The lowest BCUT2D eigenvalue weighted by atomic mass is 9.77. The molecule has 1 amide bonds. The van der Waals surface area contributed by atoms with Crippen molar-refractivity contribution in [3.63, 3.8) is 0 Å². The summed E-state index contributed by atoms with van der Waals surface area (Å²) in [6, 6.07) is 7.58. The number of amides is 1. The van der Waals surface area contributed by atoms with Crippen LogP contribution in [-0.2, 0) is 0 Å². The van der Waals surface area contributed by atoms with Crippen LogP contribution in [-0.4, -0.2) is 39.0 Å². The lowest BCUT2D eigenvalue weighted by Gasteiger charge is -2.39. The number of likely N-dealkylation sites (tertiary alicyclic amines) is 1. The predicted molar refractivity (Wildman–Crippen MR) is 80.0 cm³/mol. The quantitative estimate of drug-likeness (QED) is 0.747. The second-order valence-electron chi connectivity index (χ2n) is 6.47. The first kappa shape index (κ1) is 12.8. The maximum Gasteiger partial charge on any atom is 0.346 e. The van der Waals surface area contributed by atoms with E-state index in [-0.39, 0.29) is 6.03 Å². The minimum absolute atomic E-state index is 0.0310. The summed E-state index contributed by atoms with van der Waals surface area (Å²) in [6.45, 7) is 1.71. The van der Waals surface area contributed by atoms with Crippen LogP contribution >= 0.6 is 0 Å². The Kier molecular flexibility index (Phi) is 2.94. The van der Waals surface area contributed by atoms with Gasteiger partial charge in [0.2, 0.25) is 0 Å². The van der Waals surface area contributed by atoms with Crippen LogP contribution in [0.2, 0.25) is 0 Å². The molecule has 1 saturated carbocycles. The SMILES string of the molecule is O=C(N1CCC2(CCCC2)CC1)n1nnc2ccccc21. The Morgan fingerprint density at radius 2 is 1.76 bits per heavy atom. The molecule has 1 saturated heterocycles. The first-order chi connectivity index (χ1) is 10.3. The Labute approximate surface area is 123 Å². The zero-order valence-corrected chi connectivity index (χ0v) is 12.2. The number of hydrogen-bond donors (Lipinski definition) is 0. The average molecular weight is 284 g/mol. The van der Waals surface area contributed by atoms with Gasteiger partial charge in [-0.25, -0.2) is 4.79 Å². The highest BCUT2D eigenvalue weighted by molar-refractivity contribution is 5.87. The number of aromatic nitrogens is 3. The highest BCUT2D eigenvalue weighted by Gasteiger charge is 2.38. The zero-order chi connectivity index (χ0) is 14.3. The van der Waals surface area contributed by atoms with E-state index in [0.717, 1.165) is 37.0 Å². The predicted octanol–water partition coefficient (Wildman–Crippen LogP) is 3.06. The van der Waals surface area contributed by atoms with Gasteiger partial charge in [-0.15, -0.1) is 5.10 Å². The van der Waals surface area contributed by atoms with Crippen molar-refractivity contribution in [3.05, 3.63) is 24.3 Å². The van der Waals surface area contributed by atoms with Crippen molar-refractivity contribution < 1.29 is 4.79 Å². The normalized spacial score (nSPS) is 21.2.